The van der Waals surface area contributed by atoms with Crippen LogP contribution in [0.25, 0.3) is 0 Å². The summed E-state index contributed by atoms with van der Waals surface area (Å²) >= 11 is 3.33. The Morgan fingerprint density at radius 3 is 2.62 bits per heavy atom. The molecule has 1 aromatic heterocycles. The van der Waals surface area contributed by atoms with Crippen LogP contribution in [0.15, 0.2) is 70.5 Å². The van der Waals surface area contributed by atoms with Gasteiger partial charge in [0.1, 0.15) is 18.4 Å². The summed E-state index contributed by atoms with van der Waals surface area (Å²) in [4.78, 5) is 14.7. The van der Waals surface area contributed by atoms with Crippen molar-refractivity contribution in [2.45, 2.75) is 18.8 Å². The average molecular weight is 572 g/mol. The first-order valence-corrected chi connectivity index (χ1v) is 11.6. The normalized spacial score (nSPS) is 15.4. The van der Waals surface area contributed by atoms with E-state index in [2.05, 4.69) is 30.9 Å². The van der Waals surface area contributed by atoms with E-state index in [4.69, 9.17) is 0 Å². The molecular formula is C24H17BrF3N7O2. The number of benzene rings is 2. The molecule has 0 saturated heterocycles. The Bertz CT molecular complexity index is 1410. The van der Waals surface area contributed by atoms with Gasteiger partial charge in [0.05, 0.1) is 29.6 Å². The highest BCUT2D eigenvalue weighted by Gasteiger charge is 2.34. The van der Waals surface area contributed by atoms with Crippen LogP contribution in [0.1, 0.15) is 23.6 Å². The van der Waals surface area contributed by atoms with Gasteiger partial charge in [0.25, 0.3) is 0 Å². The lowest BCUT2D eigenvalue weighted by Gasteiger charge is -2.33. The third-order valence-corrected chi connectivity index (χ3v) is 5.92. The second kappa shape index (κ2) is 10.7. The smallest absolute Gasteiger partial charge is 0.406 e. The number of nitrogens with zero attached hydrogens (tertiary/aromatic N) is 7. The first kappa shape index (κ1) is 25.7. The maximum atomic E-state index is 13.4. The predicted molar refractivity (Wildman–Crippen MR) is 129 cm³/mol. The largest absolute Gasteiger partial charge is 0.573 e. The lowest BCUT2D eigenvalue weighted by Crippen LogP contribution is -2.45. The highest BCUT2D eigenvalue weighted by atomic mass is 79.9. The molecule has 9 nitrogen and oxygen atoms in total. The number of carbonyl (C=O) groups is 1. The lowest BCUT2D eigenvalue weighted by atomic mass is 9.99. The second-order valence-corrected chi connectivity index (χ2v) is 8.73. The van der Waals surface area contributed by atoms with Crippen LogP contribution < -0.4 is 9.64 Å². The zero-order valence-electron chi connectivity index (χ0n) is 18.9. The van der Waals surface area contributed by atoms with Crippen LogP contribution in [0, 0.1) is 22.7 Å². The molecule has 2 heterocycles. The van der Waals surface area contributed by atoms with E-state index in [9.17, 15) is 28.5 Å². The van der Waals surface area contributed by atoms with E-state index in [-0.39, 0.29) is 24.4 Å². The van der Waals surface area contributed by atoms with Gasteiger partial charge in [0.15, 0.2) is 0 Å². The van der Waals surface area contributed by atoms with Gasteiger partial charge >= 0.3 is 12.4 Å². The molecular weight excluding hydrogens is 555 g/mol. The van der Waals surface area contributed by atoms with Crippen molar-refractivity contribution in [1.82, 2.24) is 14.8 Å². The molecule has 1 aliphatic heterocycles. The number of alkyl halides is 3. The van der Waals surface area contributed by atoms with Crippen molar-refractivity contribution in [2.75, 3.05) is 18.0 Å². The first-order valence-electron chi connectivity index (χ1n) is 10.8. The molecule has 1 aliphatic rings. The van der Waals surface area contributed by atoms with Crippen molar-refractivity contribution in [1.29, 1.82) is 10.5 Å². The zero-order chi connectivity index (χ0) is 26.6. The van der Waals surface area contributed by atoms with Gasteiger partial charge in [0.2, 0.25) is 0 Å². The Balaban J connectivity index is 1.74. The number of hydrogen-bond donors (Lipinski definition) is 0. The number of urea groups is 1. The third-order valence-electron chi connectivity index (χ3n) is 5.39. The first-order chi connectivity index (χ1) is 17.7. The molecule has 1 atom stereocenters. The number of anilines is 1. The third kappa shape index (κ3) is 6.08. The topological polar surface area (TPSA) is 111 Å². The summed E-state index contributed by atoms with van der Waals surface area (Å²) in [5.41, 5.74) is 1.28. The van der Waals surface area contributed by atoms with Crippen LogP contribution in [0.3, 0.4) is 0 Å². The van der Waals surface area contributed by atoms with Gasteiger partial charge in [0, 0.05) is 28.5 Å². The molecule has 0 saturated carbocycles. The Labute approximate surface area is 217 Å². The van der Waals surface area contributed by atoms with E-state index >= 15 is 0 Å². The summed E-state index contributed by atoms with van der Waals surface area (Å²) in [5.74, 6) is -0.450. The second-order valence-electron chi connectivity index (χ2n) is 7.81. The number of amides is 2. The maximum absolute atomic E-state index is 13.4. The maximum Gasteiger partial charge on any atom is 0.573 e. The fourth-order valence-electron chi connectivity index (χ4n) is 3.79. The molecule has 13 heteroatoms. The molecule has 0 spiro atoms. The van der Waals surface area contributed by atoms with Crippen LogP contribution in [-0.2, 0) is 0 Å². The summed E-state index contributed by atoms with van der Waals surface area (Å²) in [6, 6.07) is 14.8. The van der Waals surface area contributed by atoms with Crippen molar-refractivity contribution >= 4 is 33.4 Å². The quantitative estimate of drug-likeness (QED) is 0.390. The van der Waals surface area contributed by atoms with E-state index in [0.717, 1.165) is 15.5 Å². The monoisotopic (exact) mass is 571 g/mol. The molecule has 1 unspecified atom stereocenters. The molecule has 37 heavy (non-hydrogen) atoms. The minimum absolute atomic E-state index is 0.131. The Kier molecular flexibility index (Phi) is 7.45. The molecule has 0 radical (unpaired) electrons. The number of carbonyl (C=O) groups excluding carboxylic acids is 1. The molecule has 4 rings (SSSR count). The van der Waals surface area contributed by atoms with E-state index in [1.807, 2.05) is 12.1 Å². The number of nitriles is 2. The van der Waals surface area contributed by atoms with Gasteiger partial charge in [-0.15, -0.1) is 13.2 Å². The number of rotatable bonds is 5. The van der Waals surface area contributed by atoms with Crippen molar-refractivity contribution in [3.8, 4) is 17.9 Å². The molecule has 0 N–H and O–H groups in total. The molecule has 0 fully saturated rings. The fourth-order valence-corrected chi connectivity index (χ4v) is 4.06. The van der Waals surface area contributed by atoms with Gasteiger partial charge in [-0.25, -0.2) is 9.80 Å². The van der Waals surface area contributed by atoms with Crippen molar-refractivity contribution in [3.05, 3.63) is 76.5 Å². The van der Waals surface area contributed by atoms with Crippen LogP contribution in [0.4, 0.5) is 23.7 Å². The van der Waals surface area contributed by atoms with Gasteiger partial charge in [-0.1, -0.05) is 28.1 Å². The highest BCUT2D eigenvalue weighted by molar-refractivity contribution is 9.10. The molecule has 2 amide bonds. The van der Waals surface area contributed by atoms with Crippen LogP contribution in [0.5, 0.6) is 5.75 Å². The summed E-state index contributed by atoms with van der Waals surface area (Å²) in [5, 5.41) is 28.4. The van der Waals surface area contributed by atoms with E-state index in [1.165, 1.54) is 34.1 Å². The minimum Gasteiger partial charge on any atom is -0.406 e. The zero-order valence-corrected chi connectivity index (χ0v) is 20.5. The number of hydrazone groups is 1. The molecule has 188 valence electrons. The van der Waals surface area contributed by atoms with E-state index < -0.39 is 24.2 Å². The summed E-state index contributed by atoms with van der Waals surface area (Å²) in [6.45, 7) is -0.114. The van der Waals surface area contributed by atoms with Gasteiger partial charge in [-0.2, -0.15) is 20.7 Å². The summed E-state index contributed by atoms with van der Waals surface area (Å²) in [6.07, 6.45) is -1.74. The van der Waals surface area contributed by atoms with Crippen molar-refractivity contribution in [2.24, 2.45) is 5.10 Å². The fraction of sp³-hybridized carbons (Fsp3) is 0.208. The SMILES string of the molecule is N#CCN(C(=O)N1CCC(n2cc(C#N)cn2)C(c2cccc(OC(F)(F)F)c2)=N1)c1ccc(Br)cc1. The summed E-state index contributed by atoms with van der Waals surface area (Å²) < 4.78 is 44.8. The predicted octanol–water partition coefficient (Wildman–Crippen LogP) is 5.22. The Morgan fingerprint density at radius 1 is 1.22 bits per heavy atom. The number of halogens is 4. The Morgan fingerprint density at radius 2 is 1.97 bits per heavy atom. The van der Waals surface area contributed by atoms with Crippen molar-refractivity contribution in [3.63, 3.8) is 0 Å². The van der Waals surface area contributed by atoms with Gasteiger partial charge in [-0.3, -0.25) is 9.58 Å². The average Bonchev–Trinajstić information content (AvgIpc) is 3.36. The standard InChI is InChI=1S/C24H17BrF3N7O2/c25-18-4-6-19(7-5-18)33(11-9-29)23(36)34-10-8-21(35-15-16(13-30)14-31-35)22(32-34)17-2-1-3-20(12-17)37-24(26,27)28/h1-7,12,14-15,21H,8,10-11H2. The molecule has 0 aliphatic carbocycles. The highest BCUT2D eigenvalue weighted by Crippen LogP contribution is 2.30. The number of aromatic nitrogens is 2. The van der Waals surface area contributed by atoms with Crippen molar-refractivity contribution < 1.29 is 22.7 Å². The van der Waals surface area contributed by atoms with Gasteiger partial charge in [-0.05, 0) is 42.8 Å². The molecule has 2 aromatic carbocycles. The lowest BCUT2D eigenvalue weighted by molar-refractivity contribution is -0.274. The van der Waals surface area contributed by atoms with E-state index in [0.29, 0.717) is 17.7 Å². The van der Waals surface area contributed by atoms with Crippen LogP contribution in [0.2, 0.25) is 0 Å². The minimum atomic E-state index is -4.89. The van der Waals surface area contributed by atoms with Gasteiger partial charge < -0.3 is 4.74 Å². The van der Waals surface area contributed by atoms with Crippen LogP contribution >= 0.6 is 15.9 Å². The van der Waals surface area contributed by atoms with Crippen LogP contribution in [-0.4, -0.2) is 46.0 Å². The summed E-state index contributed by atoms with van der Waals surface area (Å²) in [7, 11) is 0. The number of hydrogen-bond acceptors (Lipinski definition) is 6. The molecule has 0 bridgehead atoms. The molecule has 3 aromatic rings. The Hall–Kier alpha value is -4.36. The number of ether oxygens (including phenoxy) is 1. The van der Waals surface area contributed by atoms with E-state index in [1.54, 1.807) is 30.3 Å².